The average Bonchev–Trinajstić information content (AvgIpc) is 3.23. The van der Waals surface area contributed by atoms with E-state index in [2.05, 4.69) is 16.3 Å². The van der Waals surface area contributed by atoms with Crippen LogP contribution >= 0.6 is 11.3 Å². The minimum absolute atomic E-state index is 0.186. The van der Waals surface area contributed by atoms with Gasteiger partial charge in [-0.1, -0.05) is 12.1 Å². The third-order valence-electron chi connectivity index (χ3n) is 5.59. The van der Waals surface area contributed by atoms with Crippen LogP contribution in [-0.4, -0.2) is 36.0 Å². The molecule has 1 N–H and O–H groups in total. The molecule has 0 aliphatic carbocycles. The standard InChI is InChI=1S/C19H23N3O2S/c23-22(24)17-4-2-1-3-16(17)18-6-5-15(25-18)13-21-12-9-19(14-21)7-10-20-11-8-19/h1-6,20H,7-14H2. The SMILES string of the molecule is O=[N+]([O-])c1ccccc1-c1ccc(CN2CCC3(CCNCC3)C2)s1. The van der Waals surface area contributed by atoms with E-state index in [0.717, 1.165) is 30.1 Å². The second-order valence-corrected chi connectivity index (χ2v) is 8.42. The molecule has 1 aromatic carbocycles. The number of nitrogens with one attached hydrogen (secondary N) is 1. The van der Waals surface area contributed by atoms with Crippen molar-refractivity contribution in [3.63, 3.8) is 0 Å². The normalized spacial score (nSPS) is 20.2. The van der Waals surface area contributed by atoms with Crippen molar-refractivity contribution in [2.75, 3.05) is 26.2 Å². The van der Waals surface area contributed by atoms with Crippen LogP contribution in [0.1, 0.15) is 24.1 Å². The molecule has 2 aliphatic heterocycles. The average molecular weight is 357 g/mol. The number of benzene rings is 1. The molecule has 2 fully saturated rings. The van der Waals surface area contributed by atoms with E-state index < -0.39 is 0 Å². The van der Waals surface area contributed by atoms with E-state index in [1.54, 1.807) is 23.5 Å². The van der Waals surface area contributed by atoms with Crippen molar-refractivity contribution in [3.8, 4) is 10.4 Å². The van der Waals surface area contributed by atoms with Crippen LogP contribution in [0.5, 0.6) is 0 Å². The quantitative estimate of drug-likeness (QED) is 0.666. The molecule has 0 bridgehead atoms. The first-order valence-electron chi connectivity index (χ1n) is 8.91. The molecule has 1 spiro atoms. The monoisotopic (exact) mass is 357 g/mol. The zero-order valence-corrected chi connectivity index (χ0v) is 15.1. The summed E-state index contributed by atoms with van der Waals surface area (Å²) >= 11 is 1.68. The number of hydrogen-bond donors (Lipinski definition) is 1. The lowest BCUT2D eigenvalue weighted by atomic mass is 9.78. The van der Waals surface area contributed by atoms with E-state index in [1.807, 2.05) is 18.2 Å². The van der Waals surface area contributed by atoms with Gasteiger partial charge in [0.2, 0.25) is 0 Å². The number of hydrogen-bond acceptors (Lipinski definition) is 5. The Morgan fingerprint density at radius 2 is 1.96 bits per heavy atom. The number of nitrogens with zero attached hydrogens (tertiary/aromatic N) is 2. The lowest BCUT2D eigenvalue weighted by molar-refractivity contribution is -0.384. The summed E-state index contributed by atoms with van der Waals surface area (Å²) in [4.78, 5) is 15.8. The van der Waals surface area contributed by atoms with Gasteiger partial charge in [0.05, 0.1) is 10.5 Å². The first kappa shape index (κ1) is 16.7. The molecule has 3 heterocycles. The van der Waals surface area contributed by atoms with Crippen LogP contribution in [-0.2, 0) is 6.54 Å². The van der Waals surface area contributed by atoms with Crippen LogP contribution in [0.4, 0.5) is 5.69 Å². The van der Waals surface area contributed by atoms with Crippen molar-refractivity contribution in [1.29, 1.82) is 0 Å². The first-order chi connectivity index (χ1) is 12.2. The van der Waals surface area contributed by atoms with E-state index >= 15 is 0 Å². The van der Waals surface area contributed by atoms with Gasteiger partial charge in [-0.25, -0.2) is 0 Å². The largest absolute Gasteiger partial charge is 0.317 e. The summed E-state index contributed by atoms with van der Waals surface area (Å²) in [5.74, 6) is 0. The first-order valence-corrected chi connectivity index (χ1v) is 9.73. The van der Waals surface area contributed by atoms with Gasteiger partial charge in [-0.15, -0.1) is 11.3 Å². The highest BCUT2D eigenvalue weighted by molar-refractivity contribution is 7.15. The van der Waals surface area contributed by atoms with Crippen LogP contribution in [0.25, 0.3) is 10.4 Å². The lowest BCUT2D eigenvalue weighted by Crippen LogP contribution is -2.38. The Hall–Kier alpha value is -1.76. The molecule has 2 aromatic rings. The van der Waals surface area contributed by atoms with Crippen LogP contribution in [0.15, 0.2) is 36.4 Å². The smallest absolute Gasteiger partial charge is 0.278 e. The molecule has 0 saturated carbocycles. The number of para-hydroxylation sites is 1. The van der Waals surface area contributed by atoms with E-state index in [1.165, 1.54) is 37.2 Å². The zero-order chi connectivity index (χ0) is 17.3. The molecular formula is C19H23N3O2S. The molecular weight excluding hydrogens is 334 g/mol. The predicted molar refractivity (Wildman–Crippen MR) is 101 cm³/mol. The lowest BCUT2D eigenvalue weighted by Gasteiger charge is -2.33. The minimum Gasteiger partial charge on any atom is -0.317 e. The molecule has 0 radical (unpaired) electrons. The third-order valence-corrected chi connectivity index (χ3v) is 6.69. The Morgan fingerprint density at radius 3 is 2.76 bits per heavy atom. The van der Waals surface area contributed by atoms with E-state index in [0.29, 0.717) is 5.41 Å². The van der Waals surface area contributed by atoms with Crippen LogP contribution in [0, 0.1) is 15.5 Å². The summed E-state index contributed by atoms with van der Waals surface area (Å²) in [6.07, 6.45) is 3.88. The number of thiophene rings is 1. The Bertz CT molecular complexity index is 768. The minimum atomic E-state index is -0.296. The highest BCUT2D eigenvalue weighted by atomic mass is 32.1. The fourth-order valence-corrected chi connectivity index (χ4v) is 5.28. The van der Waals surface area contributed by atoms with Gasteiger partial charge in [0.15, 0.2) is 0 Å². The maximum Gasteiger partial charge on any atom is 0.278 e. The summed E-state index contributed by atoms with van der Waals surface area (Å²) in [6.45, 7) is 5.61. The van der Waals surface area contributed by atoms with Crippen molar-refractivity contribution in [2.45, 2.75) is 25.8 Å². The molecule has 1 aromatic heterocycles. The van der Waals surface area contributed by atoms with Gasteiger partial charge in [-0.2, -0.15) is 0 Å². The molecule has 5 nitrogen and oxygen atoms in total. The Balaban J connectivity index is 1.47. The second-order valence-electron chi connectivity index (χ2n) is 7.25. The van der Waals surface area contributed by atoms with Crippen LogP contribution < -0.4 is 5.32 Å². The highest BCUT2D eigenvalue weighted by Gasteiger charge is 2.38. The fourth-order valence-electron chi connectivity index (χ4n) is 4.20. The molecule has 2 saturated heterocycles. The third kappa shape index (κ3) is 3.47. The summed E-state index contributed by atoms with van der Waals surface area (Å²) in [5, 5.41) is 14.7. The van der Waals surface area contributed by atoms with Gasteiger partial charge in [0.25, 0.3) is 5.69 Å². The van der Waals surface area contributed by atoms with Crippen molar-refractivity contribution in [2.24, 2.45) is 5.41 Å². The molecule has 0 amide bonds. The molecule has 0 atom stereocenters. The maximum absolute atomic E-state index is 11.2. The Kier molecular flexibility index (Phi) is 4.58. The molecule has 25 heavy (non-hydrogen) atoms. The molecule has 6 heteroatoms. The summed E-state index contributed by atoms with van der Waals surface area (Å²) < 4.78 is 0. The number of nitro benzene ring substituents is 1. The number of nitro groups is 1. The number of rotatable bonds is 4. The Labute approximate surface area is 151 Å². The predicted octanol–water partition coefficient (Wildman–Crippen LogP) is 3.90. The zero-order valence-electron chi connectivity index (χ0n) is 14.2. The van der Waals surface area contributed by atoms with Crippen molar-refractivity contribution in [1.82, 2.24) is 10.2 Å². The number of likely N-dealkylation sites (tertiary alicyclic amines) is 1. The van der Waals surface area contributed by atoms with Crippen molar-refractivity contribution < 1.29 is 4.92 Å². The van der Waals surface area contributed by atoms with E-state index in [4.69, 9.17) is 0 Å². The van der Waals surface area contributed by atoms with Crippen LogP contribution in [0.3, 0.4) is 0 Å². The Morgan fingerprint density at radius 1 is 1.16 bits per heavy atom. The van der Waals surface area contributed by atoms with Gasteiger partial charge in [0.1, 0.15) is 0 Å². The van der Waals surface area contributed by atoms with Gasteiger partial charge < -0.3 is 5.32 Å². The summed E-state index contributed by atoms with van der Waals surface area (Å²) in [5.41, 5.74) is 1.43. The fraction of sp³-hybridized carbons (Fsp3) is 0.474. The summed E-state index contributed by atoms with van der Waals surface area (Å²) in [7, 11) is 0. The van der Waals surface area contributed by atoms with E-state index in [-0.39, 0.29) is 10.6 Å². The summed E-state index contributed by atoms with van der Waals surface area (Å²) in [6, 6.07) is 11.2. The topological polar surface area (TPSA) is 58.4 Å². The number of piperidine rings is 1. The van der Waals surface area contributed by atoms with Gasteiger partial charge in [-0.05, 0) is 62.5 Å². The second kappa shape index (κ2) is 6.86. The van der Waals surface area contributed by atoms with Gasteiger partial charge in [-0.3, -0.25) is 15.0 Å². The van der Waals surface area contributed by atoms with Gasteiger partial charge >= 0.3 is 0 Å². The molecule has 132 valence electrons. The van der Waals surface area contributed by atoms with E-state index in [9.17, 15) is 10.1 Å². The van der Waals surface area contributed by atoms with Crippen molar-refractivity contribution in [3.05, 3.63) is 51.4 Å². The maximum atomic E-state index is 11.2. The van der Waals surface area contributed by atoms with Crippen molar-refractivity contribution >= 4 is 17.0 Å². The van der Waals surface area contributed by atoms with Crippen LogP contribution in [0.2, 0.25) is 0 Å². The molecule has 4 rings (SSSR count). The highest BCUT2D eigenvalue weighted by Crippen LogP contribution is 2.40. The van der Waals surface area contributed by atoms with Gasteiger partial charge in [0, 0.05) is 28.9 Å². The molecule has 0 unspecified atom stereocenters. The molecule has 2 aliphatic rings.